The zero-order valence-corrected chi connectivity index (χ0v) is 16.9. The molecule has 5 nitrogen and oxygen atoms in total. The van der Waals surface area contributed by atoms with E-state index in [1.807, 2.05) is 30.3 Å². The van der Waals surface area contributed by atoms with Crippen LogP contribution < -0.4 is 11.1 Å². The van der Waals surface area contributed by atoms with Crippen molar-refractivity contribution in [3.63, 3.8) is 0 Å². The molecule has 2 aliphatic carbocycles. The molecule has 3 aliphatic rings. The highest BCUT2D eigenvalue weighted by Crippen LogP contribution is 2.38. The van der Waals surface area contributed by atoms with E-state index in [1.54, 1.807) is 11.0 Å². The standard InChI is InChI=1S/C23H24ClN3O2/c24-16-7-8-18-15(11-16)9-10-27(23(29)13-5-6-13)21(18)22(28)26-19-12-14-3-1-2-4-17(14)20(19)25/h1-4,7-8,11,13,19-21H,5-6,9-10,12,25H2,(H,26,28)/t19-,20-,21?/m0/s1. The Balaban J connectivity index is 1.43. The number of rotatable bonds is 3. The Morgan fingerprint density at radius 3 is 2.62 bits per heavy atom. The Hall–Kier alpha value is -2.37. The number of fused-ring (bicyclic) bond motifs is 2. The fraction of sp³-hybridized carbons (Fsp3) is 0.391. The second kappa shape index (κ2) is 7.15. The molecule has 0 spiro atoms. The Bertz CT molecular complexity index is 988. The molecular weight excluding hydrogens is 386 g/mol. The van der Waals surface area contributed by atoms with Gasteiger partial charge in [-0.25, -0.2) is 0 Å². The average molecular weight is 410 g/mol. The maximum absolute atomic E-state index is 13.5. The number of hydrogen-bond acceptors (Lipinski definition) is 3. The summed E-state index contributed by atoms with van der Waals surface area (Å²) in [6.45, 7) is 0.539. The fourth-order valence-corrected chi connectivity index (χ4v) is 4.90. The van der Waals surface area contributed by atoms with Crippen LogP contribution in [-0.4, -0.2) is 29.3 Å². The topological polar surface area (TPSA) is 75.4 Å². The highest BCUT2D eigenvalue weighted by molar-refractivity contribution is 6.30. The number of nitrogens with one attached hydrogen (secondary N) is 1. The smallest absolute Gasteiger partial charge is 0.247 e. The van der Waals surface area contributed by atoms with Crippen molar-refractivity contribution in [2.24, 2.45) is 11.7 Å². The summed E-state index contributed by atoms with van der Waals surface area (Å²) in [6.07, 6.45) is 3.26. The fourth-order valence-electron chi connectivity index (χ4n) is 4.71. The van der Waals surface area contributed by atoms with Crippen molar-refractivity contribution >= 4 is 23.4 Å². The van der Waals surface area contributed by atoms with Gasteiger partial charge in [-0.15, -0.1) is 0 Å². The molecule has 0 radical (unpaired) electrons. The lowest BCUT2D eigenvalue weighted by atomic mass is 9.91. The number of amides is 2. The quantitative estimate of drug-likeness (QED) is 0.818. The van der Waals surface area contributed by atoms with Gasteiger partial charge in [-0.2, -0.15) is 0 Å². The number of carbonyl (C=O) groups excluding carboxylic acids is 2. The van der Waals surface area contributed by atoms with E-state index in [-0.39, 0.29) is 29.8 Å². The van der Waals surface area contributed by atoms with E-state index < -0.39 is 6.04 Å². The first-order valence-electron chi connectivity index (χ1n) is 10.3. The van der Waals surface area contributed by atoms with Crippen LogP contribution in [-0.2, 0) is 22.4 Å². The van der Waals surface area contributed by atoms with Gasteiger partial charge in [0.1, 0.15) is 6.04 Å². The molecular formula is C23H24ClN3O2. The molecule has 3 N–H and O–H groups in total. The van der Waals surface area contributed by atoms with Gasteiger partial charge in [0.05, 0.1) is 12.1 Å². The van der Waals surface area contributed by atoms with Gasteiger partial charge in [0.25, 0.3) is 0 Å². The Morgan fingerprint density at radius 2 is 1.86 bits per heavy atom. The van der Waals surface area contributed by atoms with Crippen LogP contribution in [0.1, 0.15) is 47.2 Å². The molecule has 6 heteroatoms. The summed E-state index contributed by atoms with van der Waals surface area (Å²) in [7, 11) is 0. The molecule has 2 aromatic rings. The summed E-state index contributed by atoms with van der Waals surface area (Å²) in [5.41, 5.74) is 10.6. The van der Waals surface area contributed by atoms with E-state index in [9.17, 15) is 9.59 Å². The van der Waals surface area contributed by atoms with E-state index in [2.05, 4.69) is 11.4 Å². The monoisotopic (exact) mass is 409 g/mol. The maximum Gasteiger partial charge on any atom is 0.247 e. The molecule has 0 saturated heterocycles. The zero-order valence-electron chi connectivity index (χ0n) is 16.1. The Morgan fingerprint density at radius 1 is 1.07 bits per heavy atom. The van der Waals surface area contributed by atoms with Crippen LogP contribution in [0.25, 0.3) is 0 Å². The molecule has 1 heterocycles. The van der Waals surface area contributed by atoms with E-state index in [0.717, 1.165) is 29.5 Å². The predicted octanol–water partition coefficient (Wildman–Crippen LogP) is 2.92. The van der Waals surface area contributed by atoms with Crippen LogP contribution in [0.3, 0.4) is 0 Å². The minimum Gasteiger partial charge on any atom is -0.349 e. The summed E-state index contributed by atoms with van der Waals surface area (Å²) < 4.78 is 0. The van der Waals surface area contributed by atoms with Crippen LogP contribution in [0.2, 0.25) is 5.02 Å². The van der Waals surface area contributed by atoms with Gasteiger partial charge in [-0.3, -0.25) is 9.59 Å². The lowest BCUT2D eigenvalue weighted by Crippen LogP contribution is -2.51. The van der Waals surface area contributed by atoms with Crippen molar-refractivity contribution in [3.8, 4) is 0 Å². The summed E-state index contributed by atoms with van der Waals surface area (Å²) in [6, 6.07) is 12.6. The number of halogens is 1. The molecule has 0 aromatic heterocycles. The Labute approximate surface area is 175 Å². The van der Waals surface area contributed by atoms with E-state index >= 15 is 0 Å². The molecule has 1 unspecified atom stereocenters. The third-order valence-corrected chi connectivity index (χ3v) is 6.64. The molecule has 1 aliphatic heterocycles. The molecule has 1 fully saturated rings. The number of benzene rings is 2. The molecule has 2 amide bonds. The van der Waals surface area contributed by atoms with Crippen LogP contribution in [0.15, 0.2) is 42.5 Å². The molecule has 3 atom stereocenters. The molecule has 0 bridgehead atoms. The van der Waals surface area contributed by atoms with Crippen LogP contribution in [0.5, 0.6) is 0 Å². The third kappa shape index (κ3) is 3.32. The first-order valence-corrected chi connectivity index (χ1v) is 10.6. The van der Waals surface area contributed by atoms with Gasteiger partial charge in [0, 0.05) is 17.5 Å². The number of nitrogens with two attached hydrogens (primary N) is 1. The highest BCUT2D eigenvalue weighted by Gasteiger charge is 2.43. The molecule has 1 saturated carbocycles. The van der Waals surface area contributed by atoms with E-state index in [4.69, 9.17) is 17.3 Å². The summed E-state index contributed by atoms with van der Waals surface area (Å²) in [5, 5.41) is 3.81. The molecule has 150 valence electrons. The van der Waals surface area contributed by atoms with E-state index in [1.165, 1.54) is 5.56 Å². The molecule has 29 heavy (non-hydrogen) atoms. The van der Waals surface area contributed by atoms with Gasteiger partial charge < -0.3 is 16.0 Å². The van der Waals surface area contributed by atoms with Gasteiger partial charge in [-0.05, 0) is 60.1 Å². The first-order chi connectivity index (χ1) is 14.0. The number of hydrogen-bond donors (Lipinski definition) is 2. The second-order valence-electron chi connectivity index (χ2n) is 8.35. The maximum atomic E-state index is 13.5. The zero-order chi connectivity index (χ0) is 20.1. The van der Waals surface area contributed by atoms with Crippen molar-refractivity contribution in [3.05, 3.63) is 69.7 Å². The van der Waals surface area contributed by atoms with Crippen molar-refractivity contribution < 1.29 is 9.59 Å². The lowest BCUT2D eigenvalue weighted by Gasteiger charge is -2.37. The largest absolute Gasteiger partial charge is 0.349 e. The van der Waals surface area contributed by atoms with Crippen LogP contribution in [0, 0.1) is 5.92 Å². The van der Waals surface area contributed by atoms with Gasteiger partial charge in [0.15, 0.2) is 0 Å². The molecule has 2 aromatic carbocycles. The Kier molecular flexibility index (Phi) is 4.60. The summed E-state index contributed by atoms with van der Waals surface area (Å²) in [4.78, 5) is 28.2. The summed E-state index contributed by atoms with van der Waals surface area (Å²) in [5.74, 6) is -0.00238. The van der Waals surface area contributed by atoms with Crippen molar-refractivity contribution in [2.75, 3.05) is 6.54 Å². The lowest BCUT2D eigenvalue weighted by molar-refractivity contribution is -0.142. The van der Waals surface area contributed by atoms with Gasteiger partial charge >= 0.3 is 0 Å². The predicted molar refractivity (Wildman–Crippen MR) is 111 cm³/mol. The average Bonchev–Trinajstić information content (AvgIpc) is 3.52. The molecule has 5 rings (SSSR count). The summed E-state index contributed by atoms with van der Waals surface area (Å²) >= 11 is 6.17. The van der Waals surface area contributed by atoms with Gasteiger partial charge in [-0.1, -0.05) is 41.9 Å². The minimum atomic E-state index is -0.625. The van der Waals surface area contributed by atoms with Crippen molar-refractivity contribution in [1.82, 2.24) is 10.2 Å². The first kappa shape index (κ1) is 18.6. The van der Waals surface area contributed by atoms with Crippen LogP contribution >= 0.6 is 11.6 Å². The van der Waals surface area contributed by atoms with Gasteiger partial charge in [0.2, 0.25) is 11.8 Å². The number of nitrogens with zero attached hydrogens (tertiary/aromatic N) is 1. The highest BCUT2D eigenvalue weighted by atomic mass is 35.5. The SMILES string of the molecule is N[C@H]1c2ccccc2C[C@@H]1NC(=O)C1c2ccc(Cl)cc2CCN1C(=O)C1CC1. The second-order valence-corrected chi connectivity index (χ2v) is 8.78. The van der Waals surface area contributed by atoms with E-state index in [0.29, 0.717) is 24.4 Å². The normalized spacial score (nSPS) is 25.3. The number of carbonyl (C=O) groups is 2. The minimum absolute atomic E-state index is 0.0668. The van der Waals surface area contributed by atoms with Crippen molar-refractivity contribution in [2.45, 2.75) is 43.8 Å². The van der Waals surface area contributed by atoms with Crippen LogP contribution in [0.4, 0.5) is 0 Å². The third-order valence-electron chi connectivity index (χ3n) is 6.41. The van der Waals surface area contributed by atoms with Crippen molar-refractivity contribution in [1.29, 1.82) is 0 Å².